The molecule has 0 saturated heterocycles. The molecule has 2 N–H and O–H groups in total. The first-order valence-electron chi connectivity index (χ1n) is 5.31. The fourth-order valence-electron chi connectivity index (χ4n) is 1.26. The van der Waals surface area contributed by atoms with Crippen LogP contribution in [0.1, 0.15) is 26.3 Å². The molecule has 0 aliphatic heterocycles. The molecule has 0 spiro atoms. The summed E-state index contributed by atoms with van der Waals surface area (Å²) in [5, 5.41) is 2.72. The Morgan fingerprint density at radius 1 is 1.56 bits per heavy atom. The van der Waals surface area contributed by atoms with Gasteiger partial charge in [0.15, 0.2) is 0 Å². The molecule has 1 amide bonds. The summed E-state index contributed by atoms with van der Waals surface area (Å²) in [6.07, 6.45) is 4.91. The molecule has 88 valence electrons. The van der Waals surface area contributed by atoms with E-state index >= 15 is 0 Å². The average molecular weight is 222 g/mol. The number of H-pyrrole nitrogens is 1. The van der Waals surface area contributed by atoms with E-state index in [9.17, 15) is 9.59 Å². The molecule has 0 fully saturated rings. The molecule has 1 aromatic rings. The molecule has 0 aliphatic rings. The maximum absolute atomic E-state index is 11.7. The lowest BCUT2D eigenvalue weighted by Crippen LogP contribution is -2.43. The van der Waals surface area contributed by atoms with E-state index in [2.05, 4.69) is 10.3 Å². The molecule has 4 nitrogen and oxygen atoms in total. The fraction of sp³-hybridized carbons (Fsp3) is 0.500. The van der Waals surface area contributed by atoms with Gasteiger partial charge >= 0.3 is 0 Å². The van der Waals surface area contributed by atoms with Crippen molar-refractivity contribution >= 4 is 12.2 Å². The van der Waals surface area contributed by atoms with Gasteiger partial charge in [-0.2, -0.15) is 0 Å². The van der Waals surface area contributed by atoms with E-state index in [4.69, 9.17) is 0 Å². The van der Waals surface area contributed by atoms with Crippen LogP contribution in [0.4, 0.5) is 0 Å². The van der Waals surface area contributed by atoms with Crippen molar-refractivity contribution in [3.8, 4) is 0 Å². The van der Waals surface area contributed by atoms with Crippen molar-refractivity contribution in [2.24, 2.45) is 5.41 Å². The van der Waals surface area contributed by atoms with E-state index in [1.54, 1.807) is 6.20 Å². The highest BCUT2D eigenvalue weighted by atomic mass is 16.2. The Balaban J connectivity index is 2.56. The molecule has 4 heteroatoms. The van der Waals surface area contributed by atoms with E-state index in [1.165, 1.54) is 0 Å². The lowest BCUT2D eigenvalue weighted by Gasteiger charge is -2.20. The predicted octanol–water partition coefficient (Wildman–Crippen LogP) is 1.29. The normalized spacial score (nSPS) is 13.2. The van der Waals surface area contributed by atoms with Gasteiger partial charge in [-0.15, -0.1) is 0 Å². The monoisotopic (exact) mass is 222 g/mol. The maximum Gasteiger partial charge on any atom is 0.225 e. The summed E-state index contributed by atoms with van der Waals surface area (Å²) in [5.74, 6) is -0.111. The molecule has 16 heavy (non-hydrogen) atoms. The van der Waals surface area contributed by atoms with Crippen molar-refractivity contribution in [2.45, 2.75) is 33.2 Å². The van der Waals surface area contributed by atoms with Gasteiger partial charge in [-0.05, 0) is 11.6 Å². The highest BCUT2D eigenvalue weighted by molar-refractivity contribution is 5.84. The second-order valence-electron chi connectivity index (χ2n) is 4.89. The van der Waals surface area contributed by atoms with E-state index < -0.39 is 11.5 Å². The Hall–Kier alpha value is -1.58. The number of aldehydes is 1. The third kappa shape index (κ3) is 3.53. The van der Waals surface area contributed by atoms with Gasteiger partial charge in [-0.25, -0.2) is 0 Å². The quantitative estimate of drug-likeness (QED) is 0.754. The summed E-state index contributed by atoms with van der Waals surface area (Å²) in [4.78, 5) is 25.5. The summed E-state index contributed by atoms with van der Waals surface area (Å²) >= 11 is 0. The SMILES string of the molecule is CC(C)(C)C(=O)NC(C=O)Cc1cc[nH]c1. The number of aromatic amines is 1. The molecule has 1 rings (SSSR count). The largest absolute Gasteiger partial charge is 0.367 e. The molecule has 0 bridgehead atoms. The topological polar surface area (TPSA) is 62.0 Å². The van der Waals surface area contributed by atoms with Crippen molar-refractivity contribution in [3.63, 3.8) is 0 Å². The number of rotatable bonds is 4. The summed E-state index contributed by atoms with van der Waals surface area (Å²) in [6.45, 7) is 5.46. The van der Waals surface area contributed by atoms with Gasteiger partial charge in [-0.1, -0.05) is 20.8 Å². The van der Waals surface area contributed by atoms with E-state index in [0.29, 0.717) is 6.42 Å². The molecule has 0 aromatic carbocycles. The Morgan fingerprint density at radius 3 is 2.69 bits per heavy atom. The first kappa shape index (κ1) is 12.5. The van der Waals surface area contributed by atoms with Crippen molar-refractivity contribution in [3.05, 3.63) is 24.0 Å². The Kier molecular flexibility index (Phi) is 3.88. The van der Waals surface area contributed by atoms with E-state index in [1.807, 2.05) is 33.0 Å². The van der Waals surface area contributed by atoms with Crippen LogP contribution >= 0.6 is 0 Å². The van der Waals surface area contributed by atoms with E-state index in [-0.39, 0.29) is 5.91 Å². The molecule has 1 atom stereocenters. The summed E-state index contributed by atoms with van der Waals surface area (Å²) in [7, 11) is 0. The molecule has 1 aromatic heterocycles. The lowest BCUT2D eigenvalue weighted by atomic mass is 9.95. The Morgan fingerprint density at radius 2 is 2.25 bits per heavy atom. The average Bonchev–Trinajstić information content (AvgIpc) is 2.67. The van der Waals surface area contributed by atoms with Crippen molar-refractivity contribution in [1.82, 2.24) is 10.3 Å². The van der Waals surface area contributed by atoms with Gasteiger partial charge in [0.25, 0.3) is 0 Å². The molecule has 0 radical (unpaired) electrons. The number of hydrogen-bond donors (Lipinski definition) is 2. The van der Waals surface area contributed by atoms with Crippen LogP contribution in [-0.4, -0.2) is 23.2 Å². The number of nitrogens with one attached hydrogen (secondary N) is 2. The maximum atomic E-state index is 11.7. The fourth-order valence-corrected chi connectivity index (χ4v) is 1.26. The molecular weight excluding hydrogens is 204 g/mol. The number of hydrogen-bond acceptors (Lipinski definition) is 2. The molecular formula is C12H18N2O2. The third-order valence-corrected chi connectivity index (χ3v) is 2.28. The third-order valence-electron chi connectivity index (χ3n) is 2.28. The number of amides is 1. The van der Waals surface area contributed by atoms with Gasteiger partial charge in [-0.3, -0.25) is 4.79 Å². The smallest absolute Gasteiger partial charge is 0.225 e. The van der Waals surface area contributed by atoms with Crippen molar-refractivity contribution < 1.29 is 9.59 Å². The minimum absolute atomic E-state index is 0.111. The minimum Gasteiger partial charge on any atom is -0.367 e. The zero-order chi connectivity index (χ0) is 12.2. The van der Waals surface area contributed by atoms with Crippen LogP contribution in [0.2, 0.25) is 0 Å². The van der Waals surface area contributed by atoms with Crippen LogP contribution < -0.4 is 5.32 Å². The van der Waals surface area contributed by atoms with Crippen LogP contribution in [0, 0.1) is 5.41 Å². The highest BCUT2D eigenvalue weighted by Gasteiger charge is 2.23. The molecule has 1 unspecified atom stereocenters. The highest BCUT2D eigenvalue weighted by Crippen LogP contribution is 2.13. The van der Waals surface area contributed by atoms with Crippen LogP contribution in [0.3, 0.4) is 0 Å². The summed E-state index contributed by atoms with van der Waals surface area (Å²) in [5.41, 5.74) is 0.533. The Labute approximate surface area is 95.4 Å². The summed E-state index contributed by atoms with van der Waals surface area (Å²) in [6, 6.07) is 1.43. The molecule has 0 aliphatic carbocycles. The van der Waals surface area contributed by atoms with Crippen LogP contribution in [0.15, 0.2) is 18.5 Å². The van der Waals surface area contributed by atoms with Gasteiger partial charge in [0, 0.05) is 24.2 Å². The van der Waals surface area contributed by atoms with Gasteiger partial charge in [0.05, 0.1) is 6.04 Å². The van der Waals surface area contributed by atoms with Crippen molar-refractivity contribution in [1.29, 1.82) is 0 Å². The number of carbonyl (C=O) groups is 2. The van der Waals surface area contributed by atoms with Crippen LogP contribution in [0.25, 0.3) is 0 Å². The zero-order valence-electron chi connectivity index (χ0n) is 9.91. The second-order valence-corrected chi connectivity index (χ2v) is 4.89. The molecule has 1 heterocycles. The first-order chi connectivity index (χ1) is 7.43. The van der Waals surface area contributed by atoms with E-state index in [0.717, 1.165) is 11.8 Å². The predicted molar refractivity (Wildman–Crippen MR) is 61.9 cm³/mol. The lowest BCUT2D eigenvalue weighted by molar-refractivity contribution is -0.130. The first-order valence-corrected chi connectivity index (χ1v) is 5.31. The van der Waals surface area contributed by atoms with Gasteiger partial charge in [0.1, 0.15) is 6.29 Å². The second kappa shape index (κ2) is 4.96. The zero-order valence-corrected chi connectivity index (χ0v) is 9.91. The standard InChI is InChI=1S/C12H18N2O2/c1-12(2,3)11(16)14-10(8-15)6-9-4-5-13-7-9/h4-5,7-8,10,13H,6H2,1-3H3,(H,14,16). The molecule has 0 saturated carbocycles. The minimum atomic E-state index is -0.473. The van der Waals surface area contributed by atoms with Crippen LogP contribution in [0.5, 0.6) is 0 Å². The van der Waals surface area contributed by atoms with Gasteiger partial charge in [0.2, 0.25) is 5.91 Å². The van der Waals surface area contributed by atoms with Gasteiger partial charge < -0.3 is 15.1 Å². The Bertz CT molecular complexity index is 350. The number of aromatic nitrogens is 1. The summed E-state index contributed by atoms with van der Waals surface area (Å²) < 4.78 is 0. The van der Waals surface area contributed by atoms with Crippen molar-refractivity contribution in [2.75, 3.05) is 0 Å². The number of carbonyl (C=O) groups excluding carboxylic acids is 2. The van der Waals surface area contributed by atoms with Crippen LogP contribution in [-0.2, 0) is 16.0 Å².